The first-order chi connectivity index (χ1) is 8.59. The van der Waals surface area contributed by atoms with Gasteiger partial charge in [-0.2, -0.15) is 0 Å². The number of aliphatic hydroxyl groups is 2. The van der Waals surface area contributed by atoms with Crippen LogP contribution in [0, 0.1) is 0 Å². The van der Waals surface area contributed by atoms with Crippen LogP contribution in [0.2, 0.25) is 0 Å². The minimum atomic E-state index is -1.31. The Bertz CT molecular complexity index is 559. The predicted octanol–water partition coefficient (Wildman–Crippen LogP) is 1.71. The van der Waals surface area contributed by atoms with E-state index in [1.807, 2.05) is 30.3 Å². The third kappa shape index (κ3) is 2.50. The number of aliphatic carboxylic acids is 1. The topological polar surface area (TPSA) is 77.8 Å². The Morgan fingerprint density at radius 1 is 1.06 bits per heavy atom. The fourth-order valence-corrected chi connectivity index (χ4v) is 2.01. The van der Waals surface area contributed by atoms with Gasteiger partial charge in [0.2, 0.25) is 0 Å². The molecule has 0 aliphatic heterocycles. The fourth-order valence-electron chi connectivity index (χ4n) is 2.01. The first-order valence-electron chi connectivity index (χ1n) is 5.65. The largest absolute Gasteiger partial charge is 0.481 e. The molecule has 2 atom stereocenters. The summed E-state index contributed by atoms with van der Waals surface area (Å²) in [5.41, 5.74) is 0.543. The molecule has 0 saturated carbocycles. The molecule has 2 aromatic rings. The third-order valence-electron chi connectivity index (χ3n) is 2.89. The van der Waals surface area contributed by atoms with Crippen molar-refractivity contribution in [2.75, 3.05) is 0 Å². The molecule has 0 amide bonds. The van der Waals surface area contributed by atoms with E-state index in [4.69, 9.17) is 5.11 Å². The van der Waals surface area contributed by atoms with Crippen LogP contribution in [0.25, 0.3) is 10.8 Å². The second-order valence-corrected chi connectivity index (χ2v) is 4.18. The first-order valence-corrected chi connectivity index (χ1v) is 5.65. The van der Waals surface area contributed by atoms with Gasteiger partial charge >= 0.3 is 5.97 Å². The van der Waals surface area contributed by atoms with E-state index in [1.54, 1.807) is 12.1 Å². The van der Waals surface area contributed by atoms with Crippen LogP contribution in [0.1, 0.15) is 18.1 Å². The molecule has 18 heavy (non-hydrogen) atoms. The quantitative estimate of drug-likeness (QED) is 0.767. The summed E-state index contributed by atoms with van der Waals surface area (Å²) in [6.45, 7) is 0. The maximum Gasteiger partial charge on any atom is 0.306 e. The van der Waals surface area contributed by atoms with Crippen LogP contribution in [0.3, 0.4) is 0 Å². The lowest BCUT2D eigenvalue weighted by molar-refractivity contribution is -0.141. The van der Waals surface area contributed by atoms with Crippen molar-refractivity contribution >= 4 is 16.7 Å². The van der Waals surface area contributed by atoms with Crippen molar-refractivity contribution in [3.8, 4) is 0 Å². The third-order valence-corrected chi connectivity index (χ3v) is 2.89. The molecule has 0 radical (unpaired) electrons. The molecule has 2 aromatic carbocycles. The summed E-state index contributed by atoms with van der Waals surface area (Å²) in [5.74, 6) is -1.14. The molecule has 0 fully saturated rings. The molecule has 0 spiro atoms. The van der Waals surface area contributed by atoms with Gasteiger partial charge in [0.05, 0.1) is 12.5 Å². The molecular weight excluding hydrogens is 232 g/mol. The maximum atomic E-state index is 10.5. The van der Waals surface area contributed by atoms with Gasteiger partial charge in [-0.25, -0.2) is 0 Å². The van der Waals surface area contributed by atoms with Crippen molar-refractivity contribution in [2.45, 2.75) is 18.6 Å². The first kappa shape index (κ1) is 12.5. The van der Waals surface area contributed by atoms with Gasteiger partial charge < -0.3 is 15.3 Å². The number of aliphatic hydroxyl groups excluding tert-OH is 2. The lowest BCUT2D eigenvalue weighted by atomic mass is 9.96. The van der Waals surface area contributed by atoms with Gasteiger partial charge in [0.15, 0.2) is 0 Å². The molecule has 0 heterocycles. The van der Waals surface area contributed by atoms with E-state index < -0.39 is 24.6 Å². The van der Waals surface area contributed by atoms with Crippen LogP contribution >= 0.6 is 0 Å². The van der Waals surface area contributed by atoms with Gasteiger partial charge in [-0.15, -0.1) is 0 Å². The van der Waals surface area contributed by atoms with Gasteiger partial charge in [0.25, 0.3) is 0 Å². The van der Waals surface area contributed by atoms with Gasteiger partial charge in [0.1, 0.15) is 6.10 Å². The van der Waals surface area contributed by atoms with Crippen molar-refractivity contribution in [1.29, 1.82) is 0 Å². The summed E-state index contributed by atoms with van der Waals surface area (Å²) in [7, 11) is 0. The second kappa shape index (κ2) is 5.16. The molecule has 0 bridgehead atoms. The molecule has 0 aliphatic rings. The second-order valence-electron chi connectivity index (χ2n) is 4.18. The Kier molecular flexibility index (Phi) is 3.60. The normalized spacial score (nSPS) is 14.3. The Labute approximate surface area is 104 Å². The van der Waals surface area contributed by atoms with Crippen molar-refractivity contribution < 1.29 is 20.1 Å². The molecule has 2 unspecified atom stereocenters. The van der Waals surface area contributed by atoms with E-state index in [2.05, 4.69) is 0 Å². The maximum absolute atomic E-state index is 10.5. The summed E-state index contributed by atoms with van der Waals surface area (Å²) in [6.07, 6.45) is -3.00. The Hall–Kier alpha value is -1.91. The van der Waals surface area contributed by atoms with Crippen LogP contribution in [-0.4, -0.2) is 27.4 Å². The van der Waals surface area contributed by atoms with Crippen molar-refractivity contribution in [1.82, 2.24) is 0 Å². The lowest BCUT2D eigenvalue weighted by Gasteiger charge is -2.18. The zero-order chi connectivity index (χ0) is 13.1. The van der Waals surface area contributed by atoms with E-state index in [9.17, 15) is 15.0 Å². The monoisotopic (exact) mass is 246 g/mol. The number of carboxylic acids is 1. The fraction of sp³-hybridized carbons (Fsp3) is 0.214. The molecule has 0 aromatic heterocycles. The van der Waals surface area contributed by atoms with Crippen LogP contribution < -0.4 is 0 Å². The van der Waals surface area contributed by atoms with Crippen molar-refractivity contribution in [2.24, 2.45) is 0 Å². The SMILES string of the molecule is O=C(O)CC(O)C(O)c1cccc2ccccc12. The number of rotatable bonds is 4. The van der Waals surface area contributed by atoms with Crippen LogP contribution in [0.5, 0.6) is 0 Å². The Morgan fingerprint density at radius 2 is 1.72 bits per heavy atom. The van der Waals surface area contributed by atoms with Gasteiger partial charge in [0, 0.05) is 0 Å². The Balaban J connectivity index is 2.38. The highest BCUT2D eigenvalue weighted by Gasteiger charge is 2.22. The van der Waals surface area contributed by atoms with Crippen molar-refractivity contribution in [3.63, 3.8) is 0 Å². The summed E-state index contributed by atoms with van der Waals surface area (Å²) in [6, 6.07) is 12.8. The summed E-state index contributed by atoms with van der Waals surface area (Å²) < 4.78 is 0. The van der Waals surface area contributed by atoms with Gasteiger partial charge in [-0.05, 0) is 16.3 Å². The van der Waals surface area contributed by atoms with Crippen LogP contribution in [0.15, 0.2) is 42.5 Å². The molecule has 0 saturated heterocycles. The van der Waals surface area contributed by atoms with E-state index in [0.717, 1.165) is 10.8 Å². The smallest absolute Gasteiger partial charge is 0.306 e. The number of benzene rings is 2. The van der Waals surface area contributed by atoms with E-state index >= 15 is 0 Å². The van der Waals surface area contributed by atoms with E-state index in [0.29, 0.717) is 5.56 Å². The molecule has 0 aliphatic carbocycles. The van der Waals surface area contributed by atoms with Crippen LogP contribution in [-0.2, 0) is 4.79 Å². The average Bonchev–Trinajstić information content (AvgIpc) is 2.36. The Morgan fingerprint density at radius 3 is 2.44 bits per heavy atom. The van der Waals surface area contributed by atoms with Crippen LogP contribution in [0.4, 0.5) is 0 Å². The highest BCUT2D eigenvalue weighted by Crippen LogP contribution is 2.27. The minimum absolute atomic E-state index is 0.482. The number of hydrogen-bond donors (Lipinski definition) is 3. The van der Waals surface area contributed by atoms with E-state index in [-0.39, 0.29) is 0 Å². The highest BCUT2D eigenvalue weighted by atomic mass is 16.4. The standard InChI is InChI=1S/C14H14O4/c15-12(8-13(16)17)14(18)11-7-3-5-9-4-1-2-6-10(9)11/h1-7,12,14-15,18H,8H2,(H,16,17). The summed E-state index contributed by atoms with van der Waals surface area (Å²) in [4.78, 5) is 10.5. The summed E-state index contributed by atoms with van der Waals surface area (Å²) in [5, 5.41) is 30.1. The number of fused-ring (bicyclic) bond motifs is 1. The number of carboxylic acid groups (broad SMARTS) is 1. The number of hydrogen-bond acceptors (Lipinski definition) is 3. The lowest BCUT2D eigenvalue weighted by Crippen LogP contribution is -2.21. The number of carbonyl (C=O) groups is 1. The van der Waals surface area contributed by atoms with Crippen molar-refractivity contribution in [3.05, 3.63) is 48.0 Å². The zero-order valence-electron chi connectivity index (χ0n) is 9.65. The predicted molar refractivity (Wildman–Crippen MR) is 67.2 cm³/mol. The molecule has 2 rings (SSSR count). The molecule has 94 valence electrons. The van der Waals surface area contributed by atoms with Gasteiger partial charge in [-0.3, -0.25) is 4.79 Å². The molecule has 4 heteroatoms. The van der Waals surface area contributed by atoms with E-state index in [1.165, 1.54) is 0 Å². The molecule has 3 N–H and O–H groups in total. The molecular formula is C14H14O4. The average molecular weight is 246 g/mol. The molecule has 4 nitrogen and oxygen atoms in total. The zero-order valence-corrected chi connectivity index (χ0v) is 9.65. The highest BCUT2D eigenvalue weighted by molar-refractivity contribution is 5.86. The summed E-state index contributed by atoms with van der Waals surface area (Å²) >= 11 is 0. The van der Waals surface area contributed by atoms with Gasteiger partial charge in [-0.1, -0.05) is 42.5 Å². The minimum Gasteiger partial charge on any atom is -0.481 e.